The van der Waals surface area contributed by atoms with Gasteiger partial charge in [-0.1, -0.05) is 25.0 Å². The fourth-order valence-electron chi connectivity index (χ4n) is 2.68. The van der Waals surface area contributed by atoms with E-state index in [0.717, 1.165) is 37.9 Å². The molecule has 0 saturated carbocycles. The molecule has 0 aliphatic carbocycles. The lowest BCUT2D eigenvalue weighted by Crippen LogP contribution is -2.35. The maximum Gasteiger partial charge on any atom is 0.260 e. The topological polar surface area (TPSA) is 38.8 Å². The van der Waals surface area contributed by atoms with Gasteiger partial charge in [0.25, 0.3) is 5.91 Å². The van der Waals surface area contributed by atoms with Gasteiger partial charge in [0.2, 0.25) is 0 Å². The highest BCUT2D eigenvalue weighted by molar-refractivity contribution is 5.77. The van der Waals surface area contributed by atoms with Crippen LogP contribution in [-0.2, 0) is 11.2 Å². The van der Waals surface area contributed by atoms with E-state index in [9.17, 15) is 4.79 Å². The predicted octanol–water partition coefficient (Wildman–Crippen LogP) is 3.21. The molecule has 1 aromatic carbocycles. The number of hydrogen-bond donors (Lipinski definition) is 0. The van der Waals surface area contributed by atoms with Crippen molar-refractivity contribution in [2.24, 2.45) is 0 Å². The molecule has 0 bridgehead atoms. The molecule has 0 atom stereocenters. The zero-order chi connectivity index (χ0) is 15.8. The largest absolute Gasteiger partial charge is 0.493 e. The van der Waals surface area contributed by atoms with Crippen LogP contribution in [0.15, 0.2) is 30.9 Å². The number of likely N-dealkylation sites (tertiary alicyclic amines) is 1. The monoisotopic (exact) mass is 303 g/mol. The lowest BCUT2D eigenvalue weighted by atomic mass is 10.1. The van der Waals surface area contributed by atoms with Crippen LogP contribution >= 0.6 is 0 Å². The Hall–Kier alpha value is -1.97. The van der Waals surface area contributed by atoms with Gasteiger partial charge in [-0.25, -0.2) is 0 Å². The summed E-state index contributed by atoms with van der Waals surface area (Å²) in [5.41, 5.74) is 1.11. The predicted molar refractivity (Wildman–Crippen MR) is 87.4 cm³/mol. The van der Waals surface area contributed by atoms with Crippen LogP contribution in [0.4, 0.5) is 0 Å². The van der Waals surface area contributed by atoms with E-state index in [0.29, 0.717) is 11.5 Å². The molecule has 4 heteroatoms. The highest BCUT2D eigenvalue weighted by atomic mass is 16.5. The van der Waals surface area contributed by atoms with Crippen molar-refractivity contribution in [3.8, 4) is 11.5 Å². The lowest BCUT2D eigenvalue weighted by Gasteiger charge is -2.20. The summed E-state index contributed by atoms with van der Waals surface area (Å²) in [6.07, 6.45) is 7.23. The van der Waals surface area contributed by atoms with Crippen LogP contribution in [0.2, 0.25) is 0 Å². The summed E-state index contributed by atoms with van der Waals surface area (Å²) < 4.78 is 11.0. The molecule has 1 fully saturated rings. The number of amides is 1. The van der Waals surface area contributed by atoms with E-state index in [1.165, 1.54) is 12.8 Å². The first kappa shape index (κ1) is 16.4. The smallest absolute Gasteiger partial charge is 0.260 e. The molecule has 0 spiro atoms. The summed E-state index contributed by atoms with van der Waals surface area (Å²) in [5, 5.41) is 0. The highest BCUT2D eigenvalue weighted by Gasteiger charge is 2.16. The van der Waals surface area contributed by atoms with Crippen molar-refractivity contribution in [1.82, 2.24) is 4.90 Å². The number of ether oxygens (including phenoxy) is 2. The first-order valence-electron chi connectivity index (χ1n) is 7.93. The van der Waals surface area contributed by atoms with Gasteiger partial charge in [-0.15, -0.1) is 6.58 Å². The molecule has 0 unspecified atom stereocenters. The number of rotatable bonds is 6. The maximum atomic E-state index is 12.2. The van der Waals surface area contributed by atoms with Crippen molar-refractivity contribution in [3.63, 3.8) is 0 Å². The van der Waals surface area contributed by atoms with Crippen LogP contribution in [0.25, 0.3) is 0 Å². The van der Waals surface area contributed by atoms with E-state index in [1.807, 2.05) is 29.2 Å². The quantitative estimate of drug-likeness (QED) is 0.758. The average molecular weight is 303 g/mol. The first-order chi connectivity index (χ1) is 10.7. The minimum atomic E-state index is 0.0547. The second-order valence-corrected chi connectivity index (χ2v) is 5.56. The van der Waals surface area contributed by atoms with Crippen LogP contribution in [0, 0.1) is 0 Å². The van der Waals surface area contributed by atoms with E-state index in [2.05, 4.69) is 6.58 Å². The third-order valence-corrected chi connectivity index (χ3v) is 3.92. The summed E-state index contributed by atoms with van der Waals surface area (Å²) >= 11 is 0. The van der Waals surface area contributed by atoms with Gasteiger partial charge in [-0.2, -0.15) is 0 Å². The lowest BCUT2D eigenvalue weighted by molar-refractivity contribution is -0.133. The molecule has 2 rings (SSSR count). The van der Waals surface area contributed by atoms with Gasteiger partial charge in [0, 0.05) is 13.1 Å². The number of carbonyl (C=O) groups is 1. The van der Waals surface area contributed by atoms with Crippen molar-refractivity contribution < 1.29 is 14.3 Å². The molecule has 0 N–H and O–H groups in total. The van der Waals surface area contributed by atoms with Crippen molar-refractivity contribution in [1.29, 1.82) is 0 Å². The molecule has 1 amide bonds. The van der Waals surface area contributed by atoms with Crippen molar-refractivity contribution in [3.05, 3.63) is 36.4 Å². The average Bonchev–Trinajstić information content (AvgIpc) is 2.82. The van der Waals surface area contributed by atoms with Crippen molar-refractivity contribution >= 4 is 5.91 Å². The van der Waals surface area contributed by atoms with Gasteiger partial charge in [-0.05, 0) is 37.0 Å². The minimum Gasteiger partial charge on any atom is -0.493 e. The van der Waals surface area contributed by atoms with E-state index in [1.54, 1.807) is 7.11 Å². The third kappa shape index (κ3) is 4.52. The number of benzene rings is 1. The zero-order valence-electron chi connectivity index (χ0n) is 13.3. The van der Waals surface area contributed by atoms with Gasteiger partial charge < -0.3 is 14.4 Å². The van der Waals surface area contributed by atoms with E-state index in [4.69, 9.17) is 9.47 Å². The number of carbonyl (C=O) groups excluding carboxylic acids is 1. The van der Waals surface area contributed by atoms with Gasteiger partial charge in [-0.3, -0.25) is 4.79 Å². The summed E-state index contributed by atoms with van der Waals surface area (Å²) in [6.45, 7) is 5.49. The SMILES string of the molecule is C=CCc1ccc(OCC(=O)N2CCCCCC2)c(OC)c1. The summed E-state index contributed by atoms with van der Waals surface area (Å²) in [7, 11) is 1.61. The van der Waals surface area contributed by atoms with E-state index >= 15 is 0 Å². The normalized spacial score (nSPS) is 15.0. The summed E-state index contributed by atoms with van der Waals surface area (Å²) in [4.78, 5) is 14.1. The highest BCUT2D eigenvalue weighted by Crippen LogP contribution is 2.28. The van der Waals surface area contributed by atoms with Gasteiger partial charge in [0.15, 0.2) is 18.1 Å². The van der Waals surface area contributed by atoms with Crippen molar-refractivity contribution in [2.45, 2.75) is 32.1 Å². The van der Waals surface area contributed by atoms with Crippen LogP contribution in [0.5, 0.6) is 11.5 Å². The third-order valence-electron chi connectivity index (χ3n) is 3.92. The molecule has 0 aromatic heterocycles. The maximum absolute atomic E-state index is 12.2. The van der Waals surface area contributed by atoms with E-state index in [-0.39, 0.29) is 12.5 Å². The number of hydrogen-bond acceptors (Lipinski definition) is 3. The Bertz CT molecular complexity index is 505. The fourth-order valence-corrected chi connectivity index (χ4v) is 2.68. The Kier molecular flexibility index (Phi) is 6.31. The van der Waals surface area contributed by atoms with Crippen LogP contribution in [-0.4, -0.2) is 37.6 Å². The molecular weight excluding hydrogens is 278 g/mol. The Morgan fingerprint density at radius 3 is 2.59 bits per heavy atom. The standard InChI is InChI=1S/C18H25NO3/c1-3-8-15-9-10-16(17(13-15)21-2)22-14-18(20)19-11-6-4-5-7-12-19/h3,9-10,13H,1,4-8,11-12,14H2,2H3. The molecular formula is C18H25NO3. The Balaban J connectivity index is 1.95. The summed E-state index contributed by atoms with van der Waals surface area (Å²) in [5.74, 6) is 1.32. The van der Waals surface area contributed by atoms with Crippen LogP contribution in [0.3, 0.4) is 0 Å². The molecule has 1 heterocycles. The Morgan fingerprint density at radius 1 is 1.23 bits per heavy atom. The second-order valence-electron chi connectivity index (χ2n) is 5.56. The first-order valence-corrected chi connectivity index (χ1v) is 7.93. The molecule has 120 valence electrons. The Labute approximate surface area is 132 Å². The zero-order valence-corrected chi connectivity index (χ0v) is 13.3. The fraction of sp³-hybridized carbons (Fsp3) is 0.500. The van der Waals surface area contributed by atoms with Crippen molar-refractivity contribution in [2.75, 3.05) is 26.8 Å². The number of methoxy groups -OCH3 is 1. The molecule has 1 aliphatic rings. The van der Waals surface area contributed by atoms with E-state index < -0.39 is 0 Å². The Morgan fingerprint density at radius 2 is 1.95 bits per heavy atom. The minimum absolute atomic E-state index is 0.0547. The van der Waals surface area contributed by atoms with Crippen LogP contribution in [0.1, 0.15) is 31.2 Å². The number of allylic oxidation sites excluding steroid dienone is 1. The van der Waals surface area contributed by atoms with Crippen LogP contribution < -0.4 is 9.47 Å². The molecule has 1 saturated heterocycles. The molecule has 4 nitrogen and oxygen atoms in total. The van der Waals surface area contributed by atoms with Gasteiger partial charge in [0.05, 0.1) is 7.11 Å². The van der Waals surface area contributed by atoms with Gasteiger partial charge in [0.1, 0.15) is 0 Å². The summed E-state index contributed by atoms with van der Waals surface area (Å²) in [6, 6.07) is 5.75. The number of nitrogens with zero attached hydrogens (tertiary/aromatic N) is 1. The molecule has 22 heavy (non-hydrogen) atoms. The molecule has 1 aliphatic heterocycles. The molecule has 0 radical (unpaired) electrons. The van der Waals surface area contributed by atoms with Gasteiger partial charge >= 0.3 is 0 Å². The second kappa shape index (κ2) is 8.47. The molecule has 1 aromatic rings.